The maximum Gasteiger partial charge on any atom is 0.312 e. The van der Waals surface area contributed by atoms with Gasteiger partial charge in [0.1, 0.15) is 0 Å². The van der Waals surface area contributed by atoms with Crippen LogP contribution in [0.5, 0.6) is 0 Å². The third-order valence-corrected chi connectivity index (χ3v) is 8.21. The summed E-state index contributed by atoms with van der Waals surface area (Å²) in [4.78, 5) is 23.7. The Kier molecular flexibility index (Phi) is 5.24. The van der Waals surface area contributed by atoms with Crippen molar-refractivity contribution in [3.8, 4) is 0 Å². The second-order valence-corrected chi connectivity index (χ2v) is 9.01. The van der Waals surface area contributed by atoms with E-state index >= 15 is 0 Å². The second kappa shape index (κ2) is 7.01. The number of hydrogen-bond donors (Lipinski definition) is 1. The van der Waals surface area contributed by atoms with E-state index in [2.05, 4.69) is 0 Å². The summed E-state index contributed by atoms with van der Waals surface area (Å²) in [5.74, 6) is 1.24. The van der Waals surface area contributed by atoms with Gasteiger partial charge in [-0.15, -0.1) is 23.5 Å². The molecule has 2 aliphatic heterocycles. The van der Waals surface area contributed by atoms with Crippen LogP contribution in [0, 0.1) is 23.7 Å². The Labute approximate surface area is 138 Å². The third kappa shape index (κ3) is 3.12. The van der Waals surface area contributed by atoms with Crippen molar-refractivity contribution in [2.45, 2.75) is 29.9 Å². The number of esters is 2. The Balaban J connectivity index is 1.81. The van der Waals surface area contributed by atoms with Crippen molar-refractivity contribution in [2.24, 2.45) is 23.7 Å². The predicted molar refractivity (Wildman–Crippen MR) is 85.5 cm³/mol. The highest BCUT2D eigenvalue weighted by molar-refractivity contribution is 8.17. The second-order valence-electron chi connectivity index (χ2n) is 6.21. The summed E-state index contributed by atoms with van der Waals surface area (Å²) in [7, 11) is 1.36. The van der Waals surface area contributed by atoms with Gasteiger partial charge in [-0.05, 0) is 30.3 Å². The molecular weight excluding hydrogens is 324 g/mol. The summed E-state index contributed by atoms with van der Waals surface area (Å²) in [6.45, 7) is 0.407. The van der Waals surface area contributed by atoms with Crippen LogP contribution >= 0.6 is 23.5 Å². The van der Waals surface area contributed by atoms with Crippen molar-refractivity contribution in [2.75, 3.05) is 25.2 Å². The fourth-order valence-corrected chi connectivity index (χ4v) is 7.22. The van der Waals surface area contributed by atoms with Gasteiger partial charge in [-0.1, -0.05) is 0 Å². The van der Waals surface area contributed by atoms with Gasteiger partial charge in [-0.3, -0.25) is 9.59 Å². The standard InChI is InChI=1S/C15H22O5S2/c1-19-11(16)6-9-10(15-21-3-2-4-22-15)5-8-7-20-14(18)12(8)13(9)17/h8-10,12-13,15,17H,2-7H2,1H3/t8?,9-,10?,12?,13?/m0/s1. The highest BCUT2D eigenvalue weighted by atomic mass is 32.2. The molecule has 22 heavy (non-hydrogen) atoms. The molecule has 3 rings (SSSR count). The summed E-state index contributed by atoms with van der Waals surface area (Å²) in [6.07, 6.45) is 1.42. The lowest BCUT2D eigenvalue weighted by atomic mass is 9.67. The number of rotatable bonds is 3. The Bertz CT molecular complexity index is 438. The van der Waals surface area contributed by atoms with E-state index in [1.165, 1.54) is 13.5 Å². The molecule has 0 aromatic rings. The lowest BCUT2D eigenvalue weighted by Gasteiger charge is -2.44. The Morgan fingerprint density at radius 3 is 2.82 bits per heavy atom. The van der Waals surface area contributed by atoms with Gasteiger partial charge < -0.3 is 14.6 Å². The van der Waals surface area contributed by atoms with Crippen molar-refractivity contribution in [1.29, 1.82) is 0 Å². The summed E-state index contributed by atoms with van der Waals surface area (Å²) in [6, 6.07) is 0. The fourth-order valence-electron chi connectivity index (χ4n) is 3.87. The van der Waals surface area contributed by atoms with Gasteiger partial charge in [0.15, 0.2) is 0 Å². The zero-order valence-corrected chi connectivity index (χ0v) is 14.2. The number of cyclic esters (lactones) is 1. The minimum absolute atomic E-state index is 0.0875. The number of ether oxygens (including phenoxy) is 2. The lowest BCUT2D eigenvalue weighted by Crippen LogP contribution is -2.48. The summed E-state index contributed by atoms with van der Waals surface area (Å²) < 4.78 is 10.3. The summed E-state index contributed by atoms with van der Waals surface area (Å²) >= 11 is 3.84. The van der Waals surface area contributed by atoms with E-state index in [1.807, 2.05) is 23.5 Å². The molecule has 5 nitrogen and oxygen atoms in total. The van der Waals surface area contributed by atoms with E-state index in [9.17, 15) is 14.7 Å². The van der Waals surface area contributed by atoms with Gasteiger partial charge in [0, 0.05) is 11.8 Å². The number of fused-ring (bicyclic) bond motifs is 1. The monoisotopic (exact) mass is 346 g/mol. The minimum Gasteiger partial charge on any atom is -0.469 e. The van der Waals surface area contributed by atoms with Crippen molar-refractivity contribution in [3.05, 3.63) is 0 Å². The van der Waals surface area contributed by atoms with E-state index < -0.39 is 12.0 Å². The fraction of sp³-hybridized carbons (Fsp3) is 0.867. The van der Waals surface area contributed by atoms with Crippen LogP contribution in [0.25, 0.3) is 0 Å². The zero-order chi connectivity index (χ0) is 15.7. The first-order valence-electron chi connectivity index (χ1n) is 7.76. The molecule has 1 saturated carbocycles. The van der Waals surface area contributed by atoms with Crippen LogP contribution in [-0.2, 0) is 19.1 Å². The molecule has 0 radical (unpaired) electrons. The molecule has 1 N–H and O–H groups in total. The van der Waals surface area contributed by atoms with Crippen LogP contribution in [0.2, 0.25) is 0 Å². The first-order valence-corrected chi connectivity index (χ1v) is 9.86. The normalized spacial score (nSPS) is 39.2. The molecule has 0 aromatic heterocycles. The number of aliphatic hydroxyl groups is 1. The van der Waals surface area contributed by atoms with Crippen molar-refractivity contribution in [3.63, 3.8) is 0 Å². The molecule has 4 unspecified atom stereocenters. The largest absolute Gasteiger partial charge is 0.469 e. The zero-order valence-electron chi connectivity index (χ0n) is 12.6. The van der Waals surface area contributed by atoms with Gasteiger partial charge in [-0.2, -0.15) is 0 Å². The van der Waals surface area contributed by atoms with Crippen molar-refractivity contribution < 1.29 is 24.2 Å². The Morgan fingerprint density at radius 1 is 1.41 bits per heavy atom. The van der Waals surface area contributed by atoms with Crippen LogP contribution in [-0.4, -0.2) is 53.0 Å². The summed E-state index contributed by atoms with van der Waals surface area (Å²) in [5.41, 5.74) is 0. The molecule has 2 saturated heterocycles. The molecule has 0 amide bonds. The molecule has 3 fully saturated rings. The molecule has 0 bridgehead atoms. The van der Waals surface area contributed by atoms with Crippen LogP contribution in [0.3, 0.4) is 0 Å². The molecule has 1 aliphatic carbocycles. The molecule has 5 atom stereocenters. The number of thioether (sulfide) groups is 2. The Morgan fingerprint density at radius 2 is 2.14 bits per heavy atom. The molecule has 7 heteroatoms. The van der Waals surface area contributed by atoms with Gasteiger partial charge in [-0.25, -0.2) is 0 Å². The smallest absolute Gasteiger partial charge is 0.312 e. The maximum atomic E-state index is 11.9. The highest BCUT2D eigenvalue weighted by Crippen LogP contribution is 2.50. The molecule has 2 heterocycles. The first-order chi connectivity index (χ1) is 10.6. The van der Waals surface area contributed by atoms with Crippen molar-refractivity contribution in [1.82, 2.24) is 0 Å². The number of carbonyl (C=O) groups is 2. The summed E-state index contributed by atoms with van der Waals surface area (Å²) in [5, 5.41) is 10.7. The van der Waals surface area contributed by atoms with Crippen LogP contribution in [0.15, 0.2) is 0 Å². The van der Waals surface area contributed by atoms with Crippen molar-refractivity contribution >= 4 is 35.5 Å². The van der Waals surface area contributed by atoms with E-state index in [0.717, 1.165) is 17.9 Å². The van der Waals surface area contributed by atoms with Gasteiger partial charge >= 0.3 is 11.9 Å². The lowest BCUT2D eigenvalue weighted by molar-refractivity contribution is -0.152. The number of carbonyl (C=O) groups excluding carboxylic acids is 2. The average molecular weight is 346 g/mol. The van der Waals surface area contributed by atoms with E-state index in [4.69, 9.17) is 9.47 Å². The number of methoxy groups -OCH3 is 1. The Hall–Kier alpha value is -0.400. The molecule has 124 valence electrons. The molecule has 3 aliphatic rings. The number of hydrogen-bond acceptors (Lipinski definition) is 7. The number of aliphatic hydroxyl groups excluding tert-OH is 1. The molecular formula is C15H22O5S2. The van der Waals surface area contributed by atoms with Crippen LogP contribution in [0.1, 0.15) is 19.3 Å². The maximum absolute atomic E-state index is 11.9. The predicted octanol–water partition coefficient (Wildman–Crippen LogP) is 1.53. The van der Waals surface area contributed by atoms with Crippen LogP contribution < -0.4 is 0 Å². The average Bonchev–Trinajstić information content (AvgIpc) is 2.91. The van der Waals surface area contributed by atoms with E-state index in [1.54, 1.807) is 0 Å². The first kappa shape index (κ1) is 16.5. The highest BCUT2D eigenvalue weighted by Gasteiger charge is 2.53. The van der Waals surface area contributed by atoms with E-state index in [-0.39, 0.29) is 36.1 Å². The third-order valence-electron chi connectivity index (χ3n) is 4.98. The van der Waals surface area contributed by atoms with E-state index in [0.29, 0.717) is 11.2 Å². The quantitative estimate of drug-likeness (QED) is 0.777. The SMILES string of the molecule is COC(=O)C[C@@H]1C(O)C2C(=O)OCC2CC1C1SCCCS1. The van der Waals surface area contributed by atoms with Gasteiger partial charge in [0.25, 0.3) is 0 Å². The molecule has 0 spiro atoms. The van der Waals surface area contributed by atoms with Gasteiger partial charge in [0.2, 0.25) is 0 Å². The minimum atomic E-state index is -0.805. The van der Waals surface area contributed by atoms with Crippen LogP contribution in [0.4, 0.5) is 0 Å². The molecule has 0 aromatic carbocycles. The van der Waals surface area contributed by atoms with Gasteiger partial charge in [0.05, 0.1) is 36.7 Å². The topological polar surface area (TPSA) is 72.8 Å².